The minimum atomic E-state index is -0.105. The van der Waals surface area contributed by atoms with Crippen LogP contribution in [0.25, 0.3) is 0 Å². The van der Waals surface area contributed by atoms with Crippen molar-refractivity contribution in [3.05, 3.63) is 41.7 Å². The fraction of sp³-hybridized carbons (Fsp3) is 0.353. The zero-order valence-corrected chi connectivity index (χ0v) is 13.8. The number of benzene rings is 1. The highest BCUT2D eigenvalue weighted by atomic mass is 16.5. The molecule has 1 aromatic heterocycles. The molecule has 1 N–H and O–H groups in total. The normalized spacial score (nSPS) is 14.3. The quantitative estimate of drug-likeness (QED) is 0.925. The second kappa shape index (κ2) is 7.27. The van der Waals surface area contributed by atoms with Crippen LogP contribution < -0.4 is 10.1 Å². The number of nitrogens with one attached hydrogen (secondary N) is 1. The van der Waals surface area contributed by atoms with Crippen LogP contribution >= 0.6 is 0 Å². The van der Waals surface area contributed by atoms with Crippen molar-refractivity contribution in [1.82, 2.24) is 14.9 Å². The summed E-state index contributed by atoms with van der Waals surface area (Å²) in [5.41, 5.74) is 1.84. The molecule has 0 unspecified atom stereocenters. The van der Waals surface area contributed by atoms with E-state index in [0.29, 0.717) is 43.7 Å². The number of methoxy groups -OCH3 is 1. The highest BCUT2D eigenvalue weighted by Gasteiger charge is 2.20. The van der Waals surface area contributed by atoms with Crippen molar-refractivity contribution in [2.45, 2.75) is 6.92 Å². The van der Waals surface area contributed by atoms with Crippen LogP contribution in [0.3, 0.4) is 0 Å². The zero-order valence-electron chi connectivity index (χ0n) is 13.8. The molecule has 1 aliphatic heterocycles. The van der Waals surface area contributed by atoms with E-state index in [4.69, 9.17) is 9.47 Å². The van der Waals surface area contributed by atoms with Crippen molar-refractivity contribution < 1.29 is 14.3 Å². The standard InChI is InChI=1S/C17H20N4O3/c1-12-11-14(16(22)21-7-9-24-10-8-21)20-17(18-12)19-13-5-3-4-6-15(13)23-2/h3-6,11H,7-10H2,1-2H3,(H,18,19,20). The van der Waals surface area contributed by atoms with Crippen LogP contribution in [0.2, 0.25) is 0 Å². The Morgan fingerprint density at radius 2 is 2.00 bits per heavy atom. The van der Waals surface area contributed by atoms with E-state index in [-0.39, 0.29) is 5.91 Å². The molecule has 1 amide bonds. The monoisotopic (exact) mass is 328 g/mol. The molecule has 3 rings (SSSR count). The lowest BCUT2D eigenvalue weighted by Crippen LogP contribution is -2.41. The zero-order chi connectivity index (χ0) is 16.9. The van der Waals surface area contributed by atoms with E-state index in [1.807, 2.05) is 31.2 Å². The minimum absolute atomic E-state index is 0.105. The average Bonchev–Trinajstić information content (AvgIpc) is 2.62. The SMILES string of the molecule is COc1ccccc1Nc1nc(C)cc(C(=O)N2CCOCC2)n1. The Bertz CT molecular complexity index is 730. The fourth-order valence-corrected chi connectivity index (χ4v) is 2.53. The number of ether oxygens (including phenoxy) is 2. The summed E-state index contributed by atoms with van der Waals surface area (Å²) < 4.78 is 10.6. The molecule has 0 radical (unpaired) electrons. The van der Waals surface area contributed by atoms with Gasteiger partial charge < -0.3 is 19.7 Å². The number of hydrogen-bond donors (Lipinski definition) is 1. The average molecular weight is 328 g/mol. The first kappa shape index (κ1) is 16.2. The van der Waals surface area contributed by atoms with E-state index in [9.17, 15) is 4.79 Å². The number of amides is 1. The number of aromatic nitrogens is 2. The largest absolute Gasteiger partial charge is 0.495 e. The number of morpholine rings is 1. The van der Waals surface area contributed by atoms with Crippen molar-refractivity contribution in [3.8, 4) is 5.75 Å². The number of carbonyl (C=O) groups is 1. The van der Waals surface area contributed by atoms with Crippen molar-refractivity contribution >= 4 is 17.5 Å². The molecular formula is C17H20N4O3. The maximum absolute atomic E-state index is 12.6. The van der Waals surface area contributed by atoms with Gasteiger partial charge in [-0.15, -0.1) is 0 Å². The number of rotatable bonds is 4. The topological polar surface area (TPSA) is 76.6 Å². The smallest absolute Gasteiger partial charge is 0.272 e. The molecule has 2 heterocycles. The first-order valence-electron chi connectivity index (χ1n) is 7.80. The van der Waals surface area contributed by atoms with Crippen molar-refractivity contribution in [2.24, 2.45) is 0 Å². The molecule has 0 saturated carbocycles. The number of carbonyl (C=O) groups excluding carboxylic acids is 1. The second-order valence-electron chi connectivity index (χ2n) is 5.45. The molecule has 1 aromatic carbocycles. The molecule has 2 aromatic rings. The molecule has 0 aliphatic carbocycles. The van der Waals surface area contributed by atoms with Gasteiger partial charge in [0.05, 0.1) is 26.0 Å². The maximum Gasteiger partial charge on any atom is 0.272 e. The van der Waals surface area contributed by atoms with E-state index >= 15 is 0 Å². The maximum atomic E-state index is 12.6. The third kappa shape index (κ3) is 3.62. The molecule has 1 aliphatic rings. The molecule has 1 saturated heterocycles. The van der Waals surface area contributed by atoms with Crippen LogP contribution in [-0.4, -0.2) is 54.2 Å². The Morgan fingerprint density at radius 1 is 1.25 bits per heavy atom. The molecule has 0 bridgehead atoms. The number of para-hydroxylation sites is 2. The van der Waals surface area contributed by atoms with Gasteiger partial charge in [0.2, 0.25) is 5.95 Å². The molecule has 126 valence electrons. The Balaban J connectivity index is 1.84. The van der Waals surface area contributed by atoms with Gasteiger partial charge in [0.15, 0.2) is 0 Å². The Morgan fingerprint density at radius 3 is 2.75 bits per heavy atom. The Labute approximate surface area is 140 Å². The first-order chi connectivity index (χ1) is 11.7. The molecule has 1 fully saturated rings. The van der Waals surface area contributed by atoms with Crippen molar-refractivity contribution in [1.29, 1.82) is 0 Å². The van der Waals surface area contributed by atoms with Gasteiger partial charge in [0.1, 0.15) is 11.4 Å². The van der Waals surface area contributed by atoms with E-state index < -0.39 is 0 Å². The Hall–Kier alpha value is -2.67. The highest BCUT2D eigenvalue weighted by molar-refractivity contribution is 5.92. The summed E-state index contributed by atoms with van der Waals surface area (Å²) >= 11 is 0. The van der Waals surface area contributed by atoms with E-state index in [1.54, 1.807) is 18.1 Å². The van der Waals surface area contributed by atoms with Crippen LogP contribution in [0.15, 0.2) is 30.3 Å². The summed E-state index contributed by atoms with van der Waals surface area (Å²) in [6, 6.07) is 9.19. The lowest BCUT2D eigenvalue weighted by Gasteiger charge is -2.26. The van der Waals surface area contributed by atoms with Gasteiger partial charge in [-0.1, -0.05) is 12.1 Å². The summed E-state index contributed by atoms with van der Waals surface area (Å²) in [5.74, 6) is 0.951. The lowest BCUT2D eigenvalue weighted by molar-refractivity contribution is 0.0299. The number of anilines is 2. The van der Waals surface area contributed by atoms with Gasteiger partial charge in [-0.05, 0) is 25.1 Å². The predicted molar refractivity (Wildman–Crippen MR) is 89.8 cm³/mol. The van der Waals surface area contributed by atoms with E-state index in [0.717, 1.165) is 11.4 Å². The van der Waals surface area contributed by atoms with E-state index in [2.05, 4.69) is 15.3 Å². The third-order valence-electron chi connectivity index (χ3n) is 3.73. The van der Waals surface area contributed by atoms with Crippen LogP contribution in [0.1, 0.15) is 16.2 Å². The molecule has 24 heavy (non-hydrogen) atoms. The fourth-order valence-electron chi connectivity index (χ4n) is 2.53. The van der Waals surface area contributed by atoms with Crippen molar-refractivity contribution in [3.63, 3.8) is 0 Å². The van der Waals surface area contributed by atoms with Crippen LogP contribution in [-0.2, 0) is 4.74 Å². The summed E-state index contributed by atoms with van der Waals surface area (Å²) in [7, 11) is 1.60. The van der Waals surface area contributed by atoms with Crippen molar-refractivity contribution in [2.75, 3.05) is 38.7 Å². The summed E-state index contributed by atoms with van der Waals surface area (Å²) in [6.45, 7) is 4.11. The lowest BCUT2D eigenvalue weighted by atomic mass is 10.2. The first-order valence-corrected chi connectivity index (χ1v) is 7.80. The van der Waals surface area contributed by atoms with Crippen LogP contribution in [0, 0.1) is 6.92 Å². The van der Waals surface area contributed by atoms with Gasteiger partial charge in [-0.2, -0.15) is 0 Å². The van der Waals surface area contributed by atoms with Crippen LogP contribution in [0.4, 0.5) is 11.6 Å². The molecule has 0 spiro atoms. The second-order valence-corrected chi connectivity index (χ2v) is 5.45. The molecule has 7 heteroatoms. The Kier molecular flexibility index (Phi) is 4.90. The van der Waals surface area contributed by atoms with Gasteiger partial charge in [0, 0.05) is 18.8 Å². The van der Waals surface area contributed by atoms with Crippen LogP contribution in [0.5, 0.6) is 5.75 Å². The number of hydrogen-bond acceptors (Lipinski definition) is 6. The van der Waals surface area contributed by atoms with Gasteiger partial charge in [-0.25, -0.2) is 9.97 Å². The van der Waals surface area contributed by atoms with Gasteiger partial charge >= 0.3 is 0 Å². The summed E-state index contributed by atoms with van der Waals surface area (Å²) in [5, 5.41) is 3.12. The van der Waals surface area contributed by atoms with Gasteiger partial charge in [0.25, 0.3) is 5.91 Å². The molecule has 0 atom stereocenters. The highest BCUT2D eigenvalue weighted by Crippen LogP contribution is 2.25. The third-order valence-corrected chi connectivity index (χ3v) is 3.73. The predicted octanol–water partition coefficient (Wildman–Crippen LogP) is 2.01. The minimum Gasteiger partial charge on any atom is -0.495 e. The number of aryl methyl sites for hydroxylation is 1. The summed E-state index contributed by atoms with van der Waals surface area (Å²) in [6.07, 6.45) is 0. The number of nitrogens with zero attached hydrogens (tertiary/aromatic N) is 3. The molecule has 7 nitrogen and oxygen atoms in total. The van der Waals surface area contributed by atoms with E-state index in [1.165, 1.54) is 0 Å². The van der Waals surface area contributed by atoms with Gasteiger partial charge in [-0.3, -0.25) is 4.79 Å². The summed E-state index contributed by atoms with van der Waals surface area (Å²) in [4.78, 5) is 23.1. The molecular weight excluding hydrogens is 308 g/mol.